The molecule has 2 aromatic heterocycles. The summed E-state index contributed by atoms with van der Waals surface area (Å²) in [6, 6.07) is 12.3. The fourth-order valence-electron chi connectivity index (χ4n) is 3.96. The first-order valence-corrected chi connectivity index (χ1v) is 9.44. The SMILES string of the molecule is c1ccc(C2Cn3nc(-c4nc(C5CCCCC5)no4)cc3CO2)cc1. The summed E-state index contributed by atoms with van der Waals surface area (Å²) in [6.07, 6.45) is 6.17. The zero-order valence-corrected chi connectivity index (χ0v) is 14.7. The van der Waals surface area contributed by atoms with Gasteiger partial charge in [-0.15, -0.1) is 0 Å². The summed E-state index contributed by atoms with van der Waals surface area (Å²) in [5.41, 5.74) is 2.96. The highest BCUT2D eigenvalue weighted by Gasteiger charge is 2.26. The second-order valence-electron chi connectivity index (χ2n) is 7.21. The Morgan fingerprint density at radius 2 is 1.88 bits per heavy atom. The van der Waals surface area contributed by atoms with Crippen molar-refractivity contribution in [3.63, 3.8) is 0 Å². The molecule has 6 heteroatoms. The second kappa shape index (κ2) is 6.68. The molecule has 0 N–H and O–H groups in total. The quantitative estimate of drug-likeness (QED) is 0.706. The van der Waals surface area contributed by atoms with Gasteiger partial charge in [-0.25, -0.2) is 0 Å². The summed E-state index contributed by atoms with van der Waals surface area (Å²) in [5, 5.41) is 8.91. The van der Waals surface area contributed by atoms with Gasteiger partial charge in [0.1, 0.15) is 6.10 Å². The van der Waals surface area contributed by atoms with Crippen LogP contribution < -0.4 is 0 Å². The van der Waals surface area contributed by atoms with E-state index in [-0.39, 0.29) is 6.10 Å². The molecule has 1 unspecified atom stereocenters. The minimum atomic E-state index is 0.0249. The molecule has 1 fully saturated rings. The summed E-state index contributed by atoms with van der Waals surface area (Å²) < 4.78 is 13.5. The predicted octanol–water partition coefficient (Wildman–Crippen LogP) is 4.25. The van der Waals surface area contributed by atoms with Crippen LogP contribution in [0.25, 0.3) is 11.6 Å². The summed E-state index contributed by atoms with van der Waals surface area (Å²) >= 11 is 0. The van der Waals surface area contributed by atoms with Gasteiger partial charge in [0.05, 0.1) is 18.8 Å². The molecule has 0 amide bonds. The third kappa shape index (κ3) is 2.94. The summed E-state index contributed by atoms with van der Waals surface area (Å²) in [4.78, 5) is 4.63. The maximum absolute atomic E-state index is 6.01. The minimum absolute atomic E-state index is 0.0249. The largest absolute Gasteiger partial charge is 0.365 e. The standard InChI is InChI=1S/C20H22N4O2/c1-3-7-14(8-4-1)18-12-24-16(13-25-18)11-17(22-24)20-21-19(23-26-20)15-9-5-2-6-10-15/h1,3-4,7-8,11,15,18H,2,5-6,9-10,12-13H2. The molecule has 1 atom stereocenters. The van der Waals surface area contributed by atoms with E-state index in [4.69, 9.17) is 14.4 Å². The van der Waals surface area contributed by atoms with E-state index in [0.29, 0.717) is 25.0 Å². The molecular formula is C20H22N4O2. The molecule has 1 aromatic carbocycles. The monoisotopic (exact) mass is 350 g/mol. The zero-order chi connectivity index (χ0) is 17.3. The number of hydrogen-bond donors (Lipinski definition) is 0. The Balaban J connectivity index is 1.36. The lowest BCUT2D eigenvalue weighted by molar-refractivity contribution is -0.00113. The van der Waals surface area contributed by atoms with Gasteiger partial charge in [0.25, 0.3) is 5.89 Å². The van der Waals surface area contributed by atoms with Crippen LogP contribution in [0.5, 0.6) is 0 Å². The van der Waals surface area contributed by atoms with Gasteiger partial charge in [0.2, 0.25) is 0 Å². The molecule has 134 valence electrons. The van der Waals surface area contributed by atoms with Crippen LogP contribution in [0, 0.1) is 0 Å². The van der Waals surface area contributed by atoms with E-state index in [1.54, 1.807) is 0 Å². The van der Waals surface area contributed by atoms with Crippen molar-refractivity contribution in [2.24, 2.45) is 0 Å². The topological polar surface area (TPSA) is 66.0 Å². The number of rotatable bonds is 3. The van der Waals surface area contributed by atoms with E-state index in [1.165, 1.54) is 24.8 Å². The van der Waals surface area contributed by atoms with E-state index in [0.717, 1.165) is 30.1 Å². The molecule has 1 aliphatic carbocycles. The van der Waals surface area contributed by atoms with Crippen molar-refractivity contribution in [1.82, 2.24) is 19.9 Å². The average Bonchev–Trinajstić information content (AvgIpc) is 3.36. The van der Waals surface area contributed by atoms with E-state index < -0.39 is 0 Å². The molecule has 0 spiro atoms. The first kappa shape index (κ1) is 15.8. The van der Waals surface area contributed by atoms with Crippen molar-refractivity contribution in [1.29, 1.82) is 0 Å². The molecule has 26 heavy (non-hydrogen) atoms. The molecule has 0 bridgehead atoms. The Kier molecular flexibility index (Phi) is 4.05. The Morgan fingerprint density at radius 3 is 2.73 bits per heavy atom. The Hall–Kier alpha value is -2.47. The second-order valence-corrected chi connectivity index (χ2v) is 7.21. The molecule has 6 nitrogen and oxygen atoms in total. The van der Waals surface area contributed by atoms with Crippen LogP contribution in [0.1, 0.15) is 61.2 Å². The van der Waals surface area contributed by atoms with Gasteiger partial charge in [0, 0.05) is 5.92 Å². The lowest BCUT2D eigenvalue weighted by Crippen LogP contribution is -2.21. The highest BCUT2D eigenvalue weighted by atomic mass is 16.5. The van der Waals surface area contributed by atoms with Gasteiger partial charge in [-0.1, -0.05) is 54.8 Å². The average molecular weight is 350 g/mol. The van der Waals surface area contributed by atoms with Crippen molar-refractivity contribution in [2.45, 2.75) is 57.3 Å². The van der Waals surface area contributed by atoms with Gasteiger partial charge in [-0.05, 0) is 24.5 Å². The Morgan fingerprint density at radius 1 is 1.04 bits per heavy atom. The summed E-state index contributed by atoms with van der Waals surface area (Å²) in [7, 11) is 0. The number of aromatic nitrogens is 4. The molecule has 0 radical (unpaired) electrons. The maximum atomic E-state index is 6.01. The first-order chi connectivity index (χ1) is 12.9. The molecule has 1 saturated carbocycles. The van der Waals surface area contributed by atoms with Crippen molar-refractivity contribution in [3.05, 3.63) is 53.5 Å². The number of ether oxygens (including phenoxy) is 1. The van der Waals surface area contributed by atoms with Crippen LogP contribution in [0.2, 0.25) is 0 Å². The van der Waals surface area contributed by atoms with Crippen LogP contribution in [0.4, 0.5) is 0 Å². The lowest BCUT2D eigenvalue weighted by atomic mass is 9.89. The molecule has 3 aromatic rings. The van der Waals surface area contributed by atoms with Gasteiger partial charge in [-0.3, -0.25) is 4.68 Å². The normalized spacial score (nSPS) is 20.8. The van der Waals surface area contributed by atoms with Gasteiger partial charge >= 0.3 is 0 Å². The third-order valence-corrected chi connectivity index (χ3v) is 5.44. The lowest BCUT2D eigenvalue weighted by Gasteiger charge is -2.24. The van der Waals surface area contributed by atoms with E-state index in [9.17, 15) is 0 Å². The zero-order valence-electron chi connectivity index (χ0n) is 14.7. The molecular weight excluding hydrogens is 328 g/mol. The number of fused-ring (bicyclic) bond motifs is 1. The molecule has 3 heterocycles. The molecule has 0 saturated heterocycles. The maximum Gasteiger partial charge on any atom is 0.278 e. The van der Waals surface area contributed by atoms with Crippen LogP contribution >= 0.6 is 0 Å². The van der Waals surface area contributed by atoms with E-state index in [1.807, 2.05) is 28.9 Å². The van der Waals surface area contributed by atoms with Crippen molar-refractivity contribution < 1.29 is 9.26 Å². The molecule has 2 aliphatic rings. The van der Waals surface area contributed by atoms with Crippen molar-refractivity contribution in [3.8, 4) is 11.6 Å². The van der Waals surface area contributed by atoms with E-state index in [2.05, 4.69) is 22.3 Å². The van der Waals surface area contributed by atoms with Crippen LogP contribution in [0.3, 0.4) is 0 Å². The van der Waals surface area contributed by atoms with Crippen LogP contribution in [0.15, 0.2) is 40.9 Å². The summed E-state index contributed by atoms with van der Waals surface area (Å²) in [5.74, 6) is 1.79. The van der Waals surface area contributed by atoms with Gasteiger partial charge in [0.15, 0.2) is 11.5 Å². The molecule has 1 aliphatic heterocycles. The predicted molar refractivity (Wildman–Crippen MR) is 95.3 cm³/mol. The Bertz CT molecular complexity index is 880. The summed E-state index contributed by atoms with van der Waals surface area (Å²) in [6.45, 7) is 1.24. The molecule has 5 rings (SSSR count). The number of nitrogens with zero attached hydrogens (tertiary/aromatic N) is 4. The Labute approximate surface area is 152 Å². The fourth-order valence-corrected chi connectivity index (χ4v) is 3.96. The van der Waals surface area contributed by atoms with Gasteiger partial charge < -0.3 is 9.26 Å². The van der Waals surface area contributed by atoms with Gasteiger partial charge in [-0.2, -0.15) is 10.1 Å². The minimum Gasteiger partial charge on any atom is -0.365 e. The smallest absolute Gasteiger partial charge is 0.278 e. The van der Waals surface area contributed by atoms with Crippen molar-refractivity contribution in [2.75, 3.05) is 0 Å². The number of benzene rings is 1. The van der Waals surface area contributed by atoms with E-state index >= 15 is 0 Å². The highest BCUT2D eigenvalue weighted by Crippen LogP contribution is 2.33. The first-order valence-electron chi connectivity index (χ1n) is 9.44. The van der Waals surface area contributed by atoms with Crippen LogP contribution in [-0.4, -0.2) is 19.9 Å². The fraction of sp³-hybridized carbons (Fsp3) is 0.450. The highest BCUT2D eigenvalue weighted by molar-refractivity contribution is 5.47. The number of hydrogen-bond acceptors (Lipinski definition) is 5. The third-order valence-electron chi connectivity index (χ3n) is 5.44. The van der Waals surface area contributed by atoms with Crippen molar-refractivity contribution >= 4 is 0 Å². The van der Waals surface area contributed by atoms with Crippen LogP contribution in [-0.2, 0) is 17.9 Å².